The van der Waals surface area contributed by atoms with Gasteiger partial charge in [0.05, 0.1) is 6.26 Å². The van der Waals surface area contributed by atoms with Crippen molar-refractivity contribution >= 4 is 5.91 Å². The Bertz CT molecular complexity index is 555. The van der Waals surface area contributed by atoms with Crippen molar-refractivity contribution < 1.29 is 9.21 Å². The second-order valence-electron chi connectivity index (χ2n) is 4.17. The number of hydrogen-bond donors (Lipinski definition) is 1. The van der Waals surface area contributed by atoms with Gasteiger partial charge in [0.1, 0.15) is 0 Å². The molecule has 0 saturated carbocycles. The highest BCUT2D eigenvalue weighted by atomic mass is 16.3. The molecule has 0 aliphatic rings. The molecule has 0 aliphatic carbocycles. The van der Waals surface area contributed by atoms with Crippen molar-refractivity contribution in [2.75, 3.05) is 6.54 Å². The summed E-state index contributed by atoms with van der Waals surface area (Å²) in [6.45, 7) is 6.06. The lowest BCUT2D eigenvalue weighted by molar-refractivity contribution is 0.0930. The van der Waals surface area contributed by atoms with Crippen LogP contribution < -0.4 is 5.32 Å². The minimum absolute atomic E-state index is 0.221. The van der Waals surface area contributed by atoms with Gasteiger partial charge in [-0.25, -0.2) is 0 Å². The summed E-state index contributed by atoms with van der Waals surface area (Å²) in [5, 5.41) is 2.76. The lowest BCUT2D eigenvalue weighted by Gasteiger charge is -2.04. The van der Waals surface area contributed by atoms with Crippen molar-refractivity contribution in [2.24, 2.45) is 0 Å². The maximum atomic E-state index is 12.0. The maximum Gasteiger partial charge on any atom is 0.287 e. The molecule has 1 amide bonds. The SMILES string of the molecule is C=C(C)CNC(=O)c1occc1-c1ccccc1. The van der Waals surface area contributed by atoms with E-state index in [1.807, 2.05) is 37.3 Å². The Kier molecular flexibility index (Phi) is 3.63. The van der Waals surface area contributed by atoms with Gasteiger partial charge in [-0.1, -0.05) is 42.5 Å². The van der Waals surface area contributed by atoms with Crippen LogP contribution in [-0.2, 0) is 0 Å². The van der Waals surface area contributed by atoms with Gasteiger partial charge in [-0.15, -0.1) is 0 Å². The molecular weight excluding hydrogens is 226 g/mol. The highest BCUT2D eigenvalue weighted by Gasteiger charge is 2.15. The molecule has 1 heterocycles. The summed E-state index contributed by atoms with van der Waals surface area (Å²) in [7, 11) is 0. The van der Waals surface area contributed by atoms with Gasteiger partial charge in [-0.2, -0.15) is 0 Å². The van der Waals surface area contributed by atoms with Gasteiger partial charge in [0.15, 0.2) is 5.76 Å². The van der Waals surface area contributed by atoms with Crippen LogP contribution in [-0.4, -0.2) is 12.5 Å². The molecule has 0 aliphatic heterocycles. The topological polar surface area (TPSA) is 42.2 Å². The largest absolute Gasteiger partial charge is 0.459 e. The summed E-state index contributed by atoms with van der Waals surface area (Å²) < 4.78 is 5.27. The van der Waals surface area contributed by atoms with Gasteiger partial charge < -0.3 is 9.73 Å². The van der Waals surface area contributed by atoms with Gasteiger partial charge in [0, 0.05) is 12.1 Å². The van der Waals surface area contributed by atoms with E-state index in [1.54, 1.807) is 6.07 Å². The number of carbonyl (C=O) groups excluding carboxylic acids is 1. The van der Waals surface area contributed by atoms with Crippen LogP contribution in [0, 0.1) is 0 Å². The van der Waals surface area contributed by atoms with E-state index in [0.29, 0.717) is 12.3 Å². The van der Waals surface area contributed by atoms with Gasteiger partial charge in [-0.3, -0.25) is 4.79 Å². The Hall–Kier alpha value is -2.29. The van der Waals surface area contributed by atoms with Crippen LogP contribution >= 0.6 is 0 Å². The van der Waals surface area contributed by atoms with E-state index in [0.717, 1.165) is 16.7 Å². The fraction of sp³-hybridized carbons (Fsp3) is 0.133. The standard InChI is InChI=1S/C15H15NO2/c1-11(2)10-16-15(17)14-13(8-9-18-14)12-6-4-3-5-7-12/h3-9H,1,10H2,2H3,(H,16,17). The fourth-order valence-corrected chi connectivity index (χ4v) is 1.64. The van der Waals surface area contributed by atoms with Crippen LogP contribution in [0.4, 0.5) is 0 Å². The average molecular weight is 241 g/mol. The first kappa shape index (κ1) is 12.2. The Balaban J connectivity index is 2.23. The van der Waals surface area contributed by atoms with Crippen molar-refractivity contribution in [2.45, 2.75) is 6.92 Å². The molecule has 0 spiro atoms. The predicted molar refractivity (Wildman–Crippen MR) is 71.3 cm³/mol. The van der Waals surface area contributed by atoms with Gasteiger partial charge in [0.2, 0.25) is 0 Å². The number of rotatable bonds is 4. The molecule has 1 aromatic heterocycles. The summed E-state index contributed by atoms with van der Waals surface area (Å²) in [6.07, 6.45) is 1.53. The third kappa shape index (κ3) is 2.69. The van der Waals surface area contributed by atoms with E-state index in [9.17, 15) is 4.79 Å². The molecule has 3 heteroatoms. The molecule has 0 radical (unpaired) electrons. The third-order valence-electron chi connectivity index (χ3n) is 2.51. The normalized spacial score (nSPS) is 10.1. The Morgan fingerprint density at radius 2 is 2.00 bits per heavy atom. The minimum atomic E-state index is -0.221. The number of benzene rings is 1. The monoisotopic (exact) mass is 241 g/mol. The van der Waals surface area contributed by atoms with E-state index >= 15 is 0 Å². The molecule has 0 unspecified atom stereocenters. The molecule has 3 nitrogen and oxygen atoms in total. The summed E-state index contributed by atoms with van der Waals surface area (Å²) in [4.78, 5) is 12.0. The number of amides is 1. The van der Waals surface area contributed by atoms with Crippen LogP contribution in [0.1, 0.15) is 17.5 Å². The molecule has 1 N–H and O–H groups in total. The van der Waals surface area contributed by atoms with Crippen molar-refractivity contribution in [1.82, 2.24) is 5.32 Å². The van der Waals surface area contributed by atoms with E-state index in [1.165, 1.54) is 6.26 Å². The Labute approximate surface area is 106 Å². The highest BCUT2D eigenvalue weighted by molar-refractivity contribution is 5.98. The molecule has 0 atom stereocenters. The fourth-order valence-electron chi connectivity index (χ4n) is 1.64. The van der Waals surface area contributed by atoms with Gasteiger partial charge >= 0.3 is 0 Å². The number of furan rings is 1. The summed E-state index contributed by atoms with van der Waals surface area (Å²) >= 11 is 0. The quantitative estimate of drug-likeness (QED) is 0.835. The zero-order valence-corrected chi connectivity index (χ0v) is 10.3. The lowest BCUT2D eigenvalue weighted by atomic mass is 10.1. The first-order valence-electron chi connectivity index (χ1n) is 5.74. The van der Waals surface area contributed by atoms with E-state index < -0.39 is 0 Å². The Morgan fingerprint density at radius 3 is 2.67 bits per heavy atom. The maximum absolute atomic E-state index is 12.0. The van der Waals surface area contributed by atoms with Crippen molar-refractivity contribution in [3.8, 4) is 11.1 Å². The summed E-state index contributed by atoms with van der Waals surface area (Å²) in [6, 6.07) is 11.5. The molecule has 0 saturated heterocycles. The van der Waals surface area contributed by atoms with Crippen LogP contribution in [0.15, 0.2) is 59.2 Å². The second kappa shape index (κ2) is 5.36. The molecule has 1 aromatic carbocycles. The van der Waals surface area contributed by atoms with Crippen molar-refractivity contribution in [1.29, 1.82) is 0 Å². The Morgan fingerprint density at radius 1 is 1.28 bits per heavy atom. The first-order chi connectivity index (χ1) is 8.68. The van der Waals surface area contributed by atoms with E-state index in [4.69, 9.17) is 4.42 Å². The summed E-state index contributed by atoms with van der Waals surface area (Å²) in [5.74, 6) is 0.115. The first-order valence-corrected chi connectivity index (χ1v) is 5.74. The molecular formula is C15H15NO2. The van der Waals surface area contributed by atoms with Crippen LogP contribution in [0.2, 0.25) is 0 Å². The molecule has 2 rings (SSSR count). The van der Waals surface area contributed by atoms with E-state index in [-0.39, 0.29) is 5.91 Å². The van der Waals surface area contributed by atoms with Crippen LogP contribution in [0.25, 0.3) is 11.1 Å². The van der Waals surface area contributed by atoms with Crippen molar-refractivity contribution in [3.63, 3.8) is 0 Å². The van der Waals surface area contributed by atoms with Crippen LogP contribution in [0.3, 0.4) is 0 Å². The van der Waals surface area contributed by atoms with Crippen molar-refractivity contribution in [3.05, 3.63) is 60.6 Å². The van der Waals surface area contributed by atoms with E-state index in [2.05, 4.69) is 11.9 Å². The number of nitrogens with one attached hydrogen (secondary N) is 1. The number of hydrogen-bond acceptors (Lipinski definition) is 2. The number of carbonyl (C=O) groups is 1. The lowest BCUT2D eigenvalue weighted by Crippen LogP contribution is -2.24. The zero-order chi connectivity index (χ0) is 13.0. The molecule has 2 aromatic rings. The average Bonchev–Trinajstić information content (AvgIpc) is 2.86. The summed E-state index contributed by atoms with van der Waals surface area (Å²) in [5.41, 5.74) is 2.66. The molecule has 0 bridgehead atoms. The third-order valence-corrected chi connectivity index (χ3v) is 2.51. The second-order valence-corrected chi connectivity index (χ2v) is 4.17. The predicted octanol–water partition coefficient (Wildman–Crippen LogP) is 3.25. The molecule has 92 valence electrons. The smallest absolute Gasteiger partial charge is 0.287 e. The zero-order valence-electron chi connectivity index (χ0n) is 10.3. The van der Waals surface area contributed by atoms with Gasteiger partial charge in [-0.05, 0) is 18.6 Å². The molecule has 0 fully saturated rings. The van der Waals surface area contributed by atoms with Crippen LogP contribution in [0.5, 0.6) is 0 Å². The minimum Gasteiger partial charge on any atom is -0.459 e. The van der Waals surface area contributed by atoms with Gasteiger partial charge in [0.25, 0.3) is 5.91 Å². The highest BCUT2D eigenvalue weighted by Crippen LogP contribution is 2.24. The molecule has 18 heavy (non-hydrogen) atoms.